The van der Waals surface area contributed by atoms with Gasteiger partial charge in [0.25, 0.3) is 0 Å². The Hall–Kier alpha value is -3.52. The maximum Gasteiger partial charge on any atom is 0.243 e. The molecule has 0 N–H and O–H groups in total. The number of rotatable bonds is 10. The predicted molar refractivity (Wildman–Crippen MR) is 129 cm³/mol. The van der Waals surface area contributed by atoms with Crippen LogP contribution in [0.1, 0.15) is 11.1 Å². The van der Waals surface area contributed by atoms with Crippen LogP contribution >= 0.6 is 0 Å². The number of hydrogen-bond acceptors (Lipinski definition) is 5. The molecule has 33 heavy (non-hydrogen) atoms. The first-order valence-corrected chi connectivity index (χ1v) is 12.2. The molecule has 0 fully saturated rings. The van der Waals surface area contributed by atoms with Crippen LogP contribution in [-0.2, 0) is 27.9 Å². The third-order valence-corrected chi connectivity index (χ3v) is 6.25. The molecule has 3 aromatic carbocycles. The topological polar surface area (TPSA) is 76.2 Å². The summed E-state index contributed by atoms with van der Waals surface area (Å²) in [6, 6.07) is 24.0. The molecular weight excluding hydrogens is 440 g/mol. The van der Waals surface area contributed by atoms with Crippen molar-refractivity contribution in [2.75, 3.05) is 31.3 Å². The zero-order valence-electron chi connectivity index (χ0n) is 19.0. The monoisotopic (exact) mass is 468 g/mol. The van der Waals surface area contributed by atoms with Crippen LogP contribution in [0.3, 0.4) is 0 Å². The molecule has 0 radical (unpaired) electrons. The Morgan fingerprint density at radius 1 is 0.818 bits per heavy atom. The first kappa shape index (κ1) is 24.1. The molecule has 0 heterocycles. The highest BCUT2D eigenvalue weighted by Gasteiger charge is 2.27. The van der Waals surface area contributed by atoms with Gasteiger partial charge in [0, 0.05) is 19.2 Å². The molecule has 3 aromatic rings. The molecule has 0 saturated heterocycles. The number of hydrogen-bond donors (Lipinski definition) is 0. The summed E-state index contributed by atoms with van der Waals surface area (Å²) >= 11 is 0. The highest BCUT2D eigenvalue weighted by Crippen LogP contribution is 2.33. The van der Waals surface area contributed by atoms with Crippen LogP contribution in [0.5, 0.6) is 11.5 Å². The van der Waals surface area contributed by atoms with Crippen LogP contribution in [0.15, 0.2) is 78.9 Å². The Labute approximate surface area is 195 Å². The second-order valence-corrected chi connectivity index (χ2v) is 9.44. The summed E-state index contributed by atoms with van der Waals surface area (Å²) in [4.78, 5) is 15.1. The minimum atomic E-state index is -3.80. The van der Waals surface area contributed by atoms with E-state index in [1.54, 1.807) is 23.1 Å². The number of carbonyl (C=O) groups excluding carboxylic acids is 1. The fraction of sp³-hybridized carbons (Fsp3) is 0.240. The third kappa shape index (κ3) is 6.49. The number of amides is 1. The van der Waals surface area contributed by atoms with Gasteiger partial charge in [0.2, 0.25) is 15.9 Å². The van der Waals surface area contributed by atoms with Gasteiger partial charge in [-0.3, -0.25) is 9.10 Å². The number of nitrogens with zero attached hydrogens (tertiary/aromatic N) is 2. The quantitative estimate of drug-likeness (QED) is 0.454. The molecule has 0 bridgehead atoms. The molecule has 7 nitrogen and oxygen atoms in total. The lowest BCUT2D eigenvalue weighted by molar-refractivity contribution is -0.130. The van der Waals surface area contributed by atoms with Crippen molar-refractivity contribution in [2.24, 2.45) is 0 Å². The van der Waals surface area contributed by atoms with Crippen molar-refractivity contribution in [3.63, 3.8) is 0 Å². The van der Waals surface area contributed by atoms with Crippen LogP contribution in [0.4, 0.5) is 5.69 Å². The van der Waals surface area contributed by atoms with Gasteiger partial charge in [0.1, 0.15) is 18.0 Å². The van der Waals surface area contributed by atoms with Gasteiger partial charge in [-0.2, -0.15) is 0 Å². The number of ether oxygens (including phenoxy) is 2. The van der Waals surface area contributed by atoms with Crippen LogP contribution in [-0.4, -0.2) is 46.2 Å². The van der Waals surface area contributed by atoms with Gasteiger partial charge < -0.3 is 14.4 Å². The average Bonchev–Trinajstić information content (AvgIpc) is 2.82. The Bertz CT molecular complexity index is 1130. The molecule has 0 aliphatic rings. The molecule has 0 unspecified atom stereocenters. The molecule has 8 heteroatoms. The van der Waals surface area contributed by atoms with Gasteiger partial charge in [-0.05, 0) is 23.3 Å². The van der Waals surface area contributed by atoms with Crippen LogP contribution in [0.2, 0.25) is 0 Å². The molecular formula is C25H28N2O5S. The molecule has 0 saturated carbocycles. The Balaban J connectivity index is 1.95. The summed E-state index contributed by atoms with van der Waals surface area (Å²) < 4.78 is 37.1. The second-order valence-electron chi connectivity index (χ2n) is 7.53. The lowest BCUT2D eigenvalue weighted by atomic mass is 10.1. The molecule has 0 aliphatic carbocycles. The standard InChI is InChI=1S/C25H28N2O5S/c1-31-22-14-15-24(32-2)23(16-22)27(33(3,29)30)19-25(28)26(17-20-10-6-4-7-11-20)18-21-12-8-5-9-13-21/h4-16H,17-19H2,1-3H3. The molecule has 1 amide bonds. The zero-order valence-corrected chi connectivity index (χ0v) is 19.8. The zero-order chi connectivity index (χ0) is 23.8. The summed E-state index contributed by atoms with van der Waals surface area (Å²) in [7, 11) is -0.861. The van der Waals surface area contributed by atoms with Crippen molar-refractivity contribution in [3.05, 3.63) is 90.0 Å². The van der Waals surface area contributed by atoms with Crippen molar-refractivity contribution in [1.29, 1.82) is 0 Å². The summed E-state index contributed by atoms with van der Waals surface area (Å²) in [5.41, 5.74) is 2.14. The van der Waals surface area contributed by atoms with E-state index in [4.69, 9.17) is 9.47 Å². The number of methoxy groups -OCH3 is 2. The van der Waals surface area contributed by atoms with Gasteiger partial charge in [-0.1, -0.05) is 60.7 Å². The number of carbonyl (C=O) groups is 1. The van der Waals surface area contributed by atoms with Gasteiger partial charge >= 0.3 is 0 Å². The van der Waals surface area contributed by atoms with E-state index in [1.165, 1.54) is 14.2 Å². The minimum Gasteiger partial charge on any atom is -0.497 e. The fourth-order valence-corrected chi connectivity index (χ4v) is 4.28. The first-order valence-electron chi connectivity index (χ1n) is 10.4. The van der Waals surface area contributed by atoms with E-state index in [9.17, 15) is 13.2 Å². The molecule has 0 spiro atoms. The van der Waals surface area contributed by atoms with E-state index in [0.717, 1.165) is 21.7 Å². The molecule has 0 atom stereocenters. The van der Waals surface area contributed by atoms with Crippen molar-refractivity contribution in [2.45, 2.75) is 13.1 Å². The number of sulfonamides is 1. The van der Waals surface area contributed by atoms with E-state index >= 15 is 0 Å². The summed E-state index contributed by atoms with van der Waals surface area (Å²) in [6.45, 7) is 0.324. The predicted octanol–water partition coefficient (Wildman–Crippen LogP) is 3.70. The molecule has 3 rings (SSSR count). The first-order chi connectivity index (χ1) is 15.8. The Morgan fingerprint density at radius 2 is 1.36 bits per heavy atom. The third-order valence-electron chi connectivity index (χ3n) is 5.12. The summed E-state index contributed by atoms with van der Waals surface area (Å²) in [5.74, 6) is 0.446. The van der Waals surface area contributed by atoms with Gasteiger partial charge in [-0.15, -0.1) is 0 Å². The van der Waals surface area contributed by atoms with Crippen LogP contribution in [0.25, 0.3) is 0 Å². The number of benzene rings is 3. The maximum absolute atomic E-state index is 13.5. The van der Waals surface area contributed by atoms with Crippen molar-refractivity contribution >= 4 is 21.6 Å². The number of anilines is 1. The normalized spacial score (nSPS) is 11.0. The van der Waals surface area contributed by atoms with Crippen LogP contribution < -0.4 is 13.8 Å². The van der Waals surface area contributed by atoms with Gasteiger partial charge in [-0.25, -0.2) is 8.42 Å². The highest BCUT2D eigenvalue weighted by molar-refractivity contribution is 7.92. The van der Waals surface area contributed by atoms with Crippen LogP contribution in [0, 0.1) is 0 Å². The Kier molecular flexibility index (Phi) is 7.95. The smallest absolute Gasteiger partial charge is 0.243 e. The van der Waals surface area contributed by atoms with E-state index in [-0.39, 0.29) is 18.1 Å². The minimum absolute atomic E-state index is 0.243. The highest BCUT2D eigenvalue weighted by atomic mass is 32.2. The van der Waals surface area contributed by atoms with Crippen molar-refractivity contribution < 1.29 is 22.7 Å². The summed E-state index contributed by atoms with van der Waals surface area (Å²) in [6.07, 6.45) is 1.07. The van der Waals surface area contributed by atoms with Crippen molar-refractivity contribution in [1.82, 2.24) is 4.90 Å². The largest absolute Gasteiger partial charge is 0.497 e. The van der Waals surface area contributed by atoms with Gasteiger partial charge in [0.15, 0.2) is 0 Å². The van der Waals surface area contributed by atoms with Gasteiger partial charge in [0.05, 0.1) is 26.2 Å². The maximum atomic E-state index is 13.5. The second kappa shape index (κ2) is 10.9. The van der Waals surface area contributed by atoms with E-state index in [2.05, 4.69) is 0 Å². The average molecular weight is 469 g/mol. The molecule has 0 aliphatic heterocycles. The van der Waals surface area contributed by atoms with E-state index in [0.29, 0.717) is 24.6 Å². The fourth-order valence-electron chi connectivity index (χ4n) is 3.44. The lowest BCUT2D eigenvalue weighted by Gasteiger charge is -2.29. The van der Waals surface area contributed by atoms with E-state index < -0.39 is 10.0 Å². The SMILES string of the molecule is COc1ccc(OC)c(N(CC(=O)N(Cc2ccccc2)Cc2ccccc2)S(C)(=O)=O)c1. The summed E-state index contributed by atoms with van der Waals surface area (Å²) in [5, 5.41) is 0. The van der Waals surface area contributed by atoms with Crippen molar-refractivity contribution in [3.8, 4) is 11.5 Å². The van der Waals surface area contributed by atoms with E-state index in [1.807, 2.05) is 60.7 Å². The molecule has 0 aromatic heterocycles. The lowest BCUT2D eigenvalue weighted by Crippen LogP contribution is -2.42. The Morgan fingerprint density at radius 3 is 1.82 bits per heavy atom. The molecule has 174 valence electrons.